The van der Waals surface area contributed by atoms with Crippen molar-refractivity contribution in [2.45, 2.75) is 19.0 Å². The molecule has 0 saturated heterocycles. The molecule has 0 radical (unpaired) electrons. The van der Waals surface area contributed by atoms with Gasteiger partial charge in [0.1, 0.15) is 11.5 Å². The Hall–Kier alpha value is -1.86. The van der Waals surface area contributed by atoms with Gasteiger partial charge in [-0.25, -0.2) is 9.37 Å². The molecule has 0 spiro atoms. The molecule has 0 aliphatic carbocycles. The second kappa shape index (κ2) is 8.01. The van der Waals surface area contributed by atoms with Gasteiger partial charge in [-0.3, -0.25) is 9.36 Å². The molecule has 0 atom stereocenters. The van der Waals surface area contributed by atoms with E-state index in [0.29, 0.717) is 23.1 Å². The molecule has 0 unspecified atom stereocenters. The number of amides is 1. The zero-order valence-corrected chi connectivity index (χ0v) is 16.2. The molecule has 2 rings (SSSR count). The lowest BCUT2D eigenvalue weighted by atomic mass is 9.93. The average molecular weight is 364 g/mol. The Morgan fingerprint density at radius 2 is 1.96 bits per heavy atom. The summed E-state index contributed by atoms with van der Waals surface area (Å²) in [4.78, 5) is 19.1. The quantitative estimate of drug-likeness (QED) is 0.767. The second-order valence-electron chi connectivity index (χ2n) is 7.03. The predicted octanol–water partition coefficient (Wildman–Crippen LogP) is 3.05. The average Bonchev–Trinajstić information content (AvgIpc) is 2.96. The Morgan fingerprint density at radius 1 is 1.32 bits per heavy atom. The van der Waals surface area contributed by atoms with Crippen LogP contribution in [0.3, 0.4) is 0 Å². The second-order valence-corrected chi connectivity index (χ2v) is 7.80. The summed E-state index contributed by atoms with van der Waals surface area (Å²) in [5, 5.41) is 3.68. The minimum atomic E-state index is -0.314. The van der Waals surface area contributed by atoms with Crippen LogP contribution in [0.4, 0.5) is 4.39 Å². The van der Waals surface area contributed by atoms with E-state index >= 15 is 0 Å². The maximum Gasteiger partial charge on any atom is 0.269 e. The molecule has 2 aromatic rings. The maximum absolute atomic E-state index is 13.2. The van der Waals surface area contributed by atoms with Gasteiger partial charge in [0.15, 0.2) is 5.16 Å². The zero-order chi connectivity index (χ0) is 18.6. The van der Waals surface area contributed by atoms with Gasteiger partial charge < -0.3 is 10.2 Å². The van der Waals surface area contributed by atoms with Gasteiger partial charge in [-0.05, 0) is 50.0 Å². The summed E-state index contributed by atoms with van der Waals surface area (Å²) in [5.41, 5.74) is 1.10. The highest BCUT2D eigenvalue weighted by Crippen LogP contribution is 2.22. The third kappa shape index (κ3) is 5.06. The van der Waals surface area contributed by atoms with E-state index in [4.69, 9.17) is 0 Å². The summed E-state index contributed by atoms with van der Waals surface area (Å²) in [7, 11) is 4.02. The van der Waals surface area contributed by atoms with E-state index in [2.05, 4.69) is 29.0 Å². The number of halogens is 1. The SMILES string of the molecule is CSc1ncc(C(=O)NCC(C)(C)CN(C)C)n1-c1ccc(F)cc1. The molecular weight excluding hydrogens is 339 g/mol. The minimum absolute atomic E-state index is 0.0533. The minimum Gasteiger partial charge on any atom is -0.350 e. The molecule has 1 N–H and O–H groups in total. The van der Waals surface area contributed by atoms with Gasteiger partial charge >= 0.3 is 0 Å². The van der Waals surface area contributed by atoms with Crippen LogP contribution in [0.15, 0.2) is 35.6 Å². The van der Waals surface area contributed by atoms with E-state index in [1.807, 2.05) is 20.4 Å². The van der Waals surface area contributed by atoms with Gasteiger partial charge in [-0.15, -0.1) is 0 Å². The largest absolute Gasteiger partial charge is 0.350 e. The summed E-state index contributed by atoms with van der Waals surface area (Å²) < 4.78 is 15.0. The molecule has 0 aliphatic heterocycles. The number of thioether (sulfide) groups is 1. The molecule has 5 nitrogen and oxygen atoms in total. The summed E-state index contributed by atoms with van der Waals surface area (Å²) in [5.74, 6) is -0.505. The molecule has 1 amide bonds. The van der Waals surface area contributed by atoms with E-state index < -0.39 is 0 Å². The molecule has 1 aromatic heterocycles. The van der Waals surface area contributed by atoms with Crippen LogP contribution < -0.4 is 5.32 Å². The Balaban J connectivity index is 2.23. The summed E-state index contributed by atoms with van der Waals surface area (Å²) >= 11 is 1.44. The number of imidazole rings is 1. The lowest BCUT2D eigenvalue weighted by Gasteiger charge is -2.28. The highest BCUT2D eigenvalue weighted by Gasteiger charge is 2.23. The molecular formula is C18H25FN4OS. The van der Waals surface area contributed by atoms with Crippen molar-refractivity contribution in [3.63, 3.8) is 0 Å². The number of benzene rings is 1. The van der Waals surface area contributed by atoms with Crippen molar-refractivity contribution >= 4 is 17.7 Å². The van der Waals surface area contributed by atoms with Crippen molar-refractivity contribution in [2.75, 3.05) is 33.4 Å². The lowest BCUT2D eigenvalue weighted by molar-refractivity contribution is 0.0922. The first kappa shape index (κ1) is 19.5. The third-order valence-electron chi connectivity index (χ3n) is 3.70. The van der Waals surface area contributed by atoms with Gasteiger partial charge in [-0.2, -0.15) is 0 Å². The Morgan fingerprint density at radius 3 is 2.52 bits per heavy atom. The first-order valence-corrected chi connectivity index (χ1v) is 9.26. The standard InChI is InChI=1S/C18H25FN4OS/c1-18(2,12-22(3)4)11-21-16(24)15-10-20-17(25-5)23(15)14-8-6-13(19)7-9-14/h6-10H,11-12H2,1-5H3,(H,21,24). The fourth-order valence-corrected chi connectivity index (χ4v) is 3.35. The predicted molar refractivity (Wildman–Crippen MR) is 100.0 cm³/mol. The Labute approximate surface area is 152 Å². The van der Waals surface area contributed by atoms with Crippen LogP contribution in [0.1, 0.15) is 24.3 Å². The van der Waals surface area contributed by atoms with E-state index in [-0.39, 0.29) is 17.1 Å². The van der Waals surface area contributed by atoms with Crippen molar-refractivity contribution in [2.24, 2.45) is 5.41 Å². The van der Waals surface area contributed by atoms with Crippen molar-refractivity contribution in [1.29, 1.82) is 0 Å². The third-order valence-corrected chi connectivity index (χ3v) is 4.35. The smallest absolute Gasteiger partial charge is 0.269 e. The Kier molecular flexibility index (Phi) is 6.24. The number of hydrogen-bond donors (Lipinski definition) is 1. The van der Waals surface area contributed by atoms with Gasteiger partial charge in [0, 0.05) is 18.8 Å². The van der Waals surface area contributed by atoms with Crippen LogP contribution in [0.25, 0.3) is 5.69 Å². The van der Waals surface area contributed by atoms with Crippen molar-refractivity contribution in [1.82, 2.24) is 19.8 Å². The topological polar surface area (TPSA) is 50.2 Å². The summed E-state index contributed by atoms with van der Waals surface area (Å²) in [6, 6.07) is 6.04. The molecule has 0 saturated carbocycles. The number of rotatable bonds is 7. The van der Waals surface area contributed by atoms with Gasteiger partial charge in [0.2, 0.25) is 0 Å². The first-order valence-electron chi connectivity index (χ1n) is 8.04. The number of nitrogens with zero attached hydrogens (tertiary/aromatic N) is 3. The number of aromatic nitrogens is 2. The molecule has 136 valence electrons. The van der Waals surface area contributed by atoms with E-state index in [0.717, 1.165) is 6.54 Å². The highest BCUT2D eigenvalue weighted by molar-refractivity contribution is 7.98. The number of nitrogens with one attached hydrogen (secondary N) is 1. The van der Waals surface area contributed by atoms with Crippen LogP contribution in [-0.2, 0) is 0 Å². The van der Waals surface area contributed by atoms with Crippen LogP contribution in [0.2, 0.25) is 0 Å². The monoisotopic (exact) mass is 364 g/mol. The first-order chi connectivity index (χ1) is 11.7. The van der Waals surface area contributed by atoms with Crippen LogP contribution in [0, 0.1) is 11.2 Å². The summed E-state index contributed by atoms with van der Waals surface area (Å²) in [6.45, 7) is 5.63. The van der Waals surface area contributed by atoms with E-state index in [9.17, 15) is 9.18 Å². The molecule has 25 heavy (non-hydrogen) atoms. The Bertz CT molecular complexity index is 725. The number of carbonyl (C=O) groups excluding carboxylic acids is 1. The van der Waals surface area contributed by atoms with Gasteiger partial charge in [0.25, 0.3) is 5.91 Å². The zero-order valence-electron chi connectivity index (χ0n) is 15.3. The lowest BCUT2D eigenvalue weighted by Crippen LogP contribution is -2.40. The summed E-state index contributed by atoms with van der Waals surface area (Å²) in [6.07, 6.45) is 3.45. The van der Waals surface area contributed by atoms with Crippen LogP contribution in [-0.4, -0.2) is 53.8 Å². The van der Waals surface area contributed by atoms with Crippen molar-refractivity contribution < 1.29 is 9.18 Å². The van der Waals surface area contributed by atoms with Gasteiger partial charge in [0.05, 0.1) is 6.20 Å². The fourth-order valence-electron chi connectivity index (χ4n) is 2.80. The molecule has 1 aromatic carbocycles. The van der Waals surface area contributed by atoms with Crippen molar-refractivity contribution in [3.8, 4) is 5.69 Å². The van der Waals surface area contributed by atoms with Crippen LogP contribution >= 0.6 is 11.8 Å². The molecule has 0 bridgehead atoms. The van der Waals surface area contributed by atoms with Crippen LogP contribution in [0.5, 0.6) is 0 Å². The molecule has 1 heterocycles. The van der Waals surface area contributed by atoms with E-state index in [1.165, 1.54) is 23.9 Å². The van der Waals surface area contributed by atoms with Gasteiger partial charge in [-0.1, -0.05) is 25.6 Å². The van der Waals surface area contributed by atoms with Crippen molar-refractivity contribution in [3.05, 3.63) is 42.0 Å². The molecule has 0 aliphatic rings. The number of carbonyl (C=O) groups is 1. The highest BCUT2D eigenvalue weighted by atomic mass is 32.2. The molecule has 7 heteroatoms. The molecule has 0 fully saturated rings. The normalized spacial score (nSPS) is 11.8. The number of hydrogen-bond acceptors (Lipinski definition) is 4. The maximum atomic E-state index is 13.2. The fraction of sp³-hybridized carbons (Fsp3) is 0.444. The van der Waals surface area contributed by atoms with E-state index in [1.54, 1.807) is 22.9 Å².